The highest BCUT2D eigenvalue weighted by Crippen LogP contribution is 2.01. The van der Waals surface area contributed by atoms with Crippen LogP contribution < -0.4 is 5.32 Å². The van der Waals surface area contributed by atoms with Gasteiger partial charge >= 0.3 is 0 Å². The van der Waals surface area contributed by atoms with Crippen LogP contribution in [0.2, 0.25) is 0 Å². The lowest BCUT2D eigenvalue weighted by Crippen LogP contribution is -2.24. The molecule has 1 N–H and O–H groups in total. The zero-order valence-corrected chi connectivity index (χ0v) is 9.69. The molecule has 16 heavy (non-hydrogen) atoms. The molecule has 3 heteroatoms. The van der Waals surface area contributed by atoms with E-state index in [0.717, 1.165) is 39.4 Å². The van der Waals surface area contributed by atoms with Gasteiger partial charge in [-0.25, -0.2) is 0 Å². The molecule has 0 atom stereocenters. The number of nitrogens with one attached hydrogen (secondary N) is 1. The van der Waals surface area contributed by atoms with Gasteiger partial charge in [0.25, 0.3) is 0 Å². The van der Waals surface area contributed by atoms with Gasteiger partial charge in [-0.1, -0.05) is 30.3 Å². The Bertz CT molecular complexity index is 283. The highest BCUT2D eigenvalue weighted by Gasteiger charge is 2.08. The Morgan fingerprint density at radius 3 is 2.88 bits per heavy atom. The molecule has 0 spiro atoms. The molecule has 0 saturated carbocycles. The lowest BCUT2D eigenvalue weighted by molar-refractivity contribution is 0.111. The Balaban J connectivity index is 1.52. The van der Waals surface area contributed by atoms with E-state index in [1.54, 1.807) is 0 Å². The van der Waals surface area contributed by atoms with Crippen molar-refractivity contribution in [3.63, 3.8) is 0 Å². The molecule has 0 radical (unpaired) electrons. The average Bonchev–Trinajstić information content (AvgIpc) is 2.83. The van der Waals surface area contributed by atoms with E-state index in [2.05, 4.69) is 34.5 Å². The molecule has 0 aromatic heterocycles. The number of benzene rings is 1. The van der Waals surface area contributed by atoms with E-state index in [0.29, 0.717) is 0 Å². The van der Waals surface area contributed by atoms with Crippen LogP contribution in [-0.2, 0) is 11.3 Å². The Morgan fingerprint density at radius 1 is 1.25 bits per heavy atom. The van der Waals surface area contributed by atoms with Gasteiger partial charge < -0.3 is 10.1 Å². The van der Waals surface area contributed by atoms with Crippen LogP contribution in [0.1, 0.15) is 12.0 Å². The number of rotatable bonds is 6. The van der Waals surface area contributed by atoms with E-state index >= 15 is 0 Å². The fraction of sp³-hybridized carbons (Fsp3) is 0.538. The van der Waals surface area contributed by atoms with E-state index in [1.807, 2.05) is 6.07 Å². The van der Waals surface area contributed by atoms with Crippen molar-refractivity contribution in [2.75, 3.05) is 32.9 Å². The van der Waals surface area contributed by atoms with E-state index in [-0.39, 0.29) is 0 Å². The van der Waals surface area contributed by atoms with Crippen LogP contribution in [0, 0.1) is 0 Å². The molecule has 0 unspecified atom stereocenters. The van der Waals surface area contributed by atoms with Gasteiger partial charge in [0, 0.05) is 32.9 Å². The van der Waals surface area contributed by atoms with Crippen molar-refractivity contribution in [3.8, 4) is 0 Å². The zero-order valence-electron chi connectivity index (χ0n) is 9.69. The first-order valence-corrected chi connectivity index (χ1v) is 6.00. The van der Waals surface area contributed by atoms with Crippen molar-refractivity contribution >= 4 is 0 Å². The number of hydrogen-bond acceptors (Lipinski definition) is 3. The molecular weight excluding hydrogens is 200 g/mol. The summed E-state index contributed by atoms with van der Waals surface area (Å²) in [6.07, 6.45) is 1.12. The van der Waals surface area contributed by atoms with Gasteiger partial charge in [0.15, 0.2) is 0 Å². The molecular formula is C13H20N2O. The van der Waals surface area contributed by atoms with Gasteiger partial charge in [-0.2, -0.15) is 0 Å². The summed E-state index contributed by atoms with van der Waals surface area (Å²) >= 11 is 0. The Kier molecular flexibility index (Phi) is 4.80. The van der Waals surface area contributed by atoms with Crippen molar-refractivity contribution < 1.29 is 4.74 Å². The number of nitrogens with zero attached hydrogens (tertiary/aromatic N) is 1. The standard InChI is InChI=1S/C13H20N2O/c1-2-5-13(6-3-1)11-16-10-4-8-15-9-7-14-12-15/h1-3,5-6,14H,4,7-12H2. The fourth-order valence-corrected chi connectivity index (χ4v) is 1.90. The maximum Gasteiger partial charge on any atom is 0.0716 e. The third kappa shape index (κ3) is 3.93. The highest BCUT2D eigenvalue weighted by molar-refractivity contribution is 5.13. The van der Waals surface area contributed by atoms with Crippen LogP contribution in [0.3, 0.4) is 0 Å². The molecule has 0 amide bonds. The monoisotopic (exact) mass is 220 g/mol. The Labute approximate surface area is 97.4 Å². The summed E-state index contributed by atoms with van der Waals surface area (Å²) in [4.78, 5) is 2.42. The molecule has 0 aliphatic carbocycles. The summed E-state index contributed by atoms with van der Waals surface area (Å²) in [5, 5.41) is 3.32. The maximum absolute atomic E-state index is 5.63. The normalized spacial score (nSPS) is 16.8. The minimum atomic E-state index is 0.735. The highest BCUT2D eigenvalue weighted by atomic mass is 16.5. The smallest absolute Gasteiger partial charge is 0.0716 e. The van der Waals surface area contributed by atoms with E-state index in [1.165, 1.54) is 12.1 Å². The first-order valence-electron chi connectivity index (χ1n) is 6.00. The van der Waals surface area contributed by atoms with Gasteiger partial charge in [-0.15, -0.1) is 0 Å². The average molecular weight is 220 g/mol. The van der Waals surface area contributed by atoms with Crippen LogP contribution in [0.15, 0.2) is 30.3 Å². The molecule has 88 valence electrons. The summed E-state index contributed by atoms with van der Waals surface area (Å²) in [7, 11) is 0. The van der Waals surface area contributed by atoms with E-state index in [9.17, 15) is 0 Å². The molecule has 1 aliphatic heterocycles. The predicted octanol–water partition coefficient (Wildman–Crippen LogP) is 1.46. The first kappa shape index (κ1) is 11.6. The third-order valence-corrected chi connectivity index (χ3v) is 2.81. The number of hydrogen-bond donors (Lipinski definition) is 1. The van der Waals surface area contributed by atoms with E-state index < -0.39 is 0 Å². The molecule has 1 aromatic carbocycles. The molecule has 1 aromatic rings. The second-order valence-corrected chi connectivity index (χ2v) is 4.17. The maximum atomic E-state index is 5.63. The van der Waals surface area contributed by atoms with Gasteiger partial charge in [0.05, 0.1) is 6.61 Å². The second kappa shape index (κ2) is 6.63. The SMILES string of the molecule is c1ccc(COCCCN2CCNC2)cc1. The molecule has 1 saturated heterocycles. The fourth-order valence-electron chi connectivity index (χ4n) is 1.90. The molecule has 1 aliphatic rings. The molecule has 1 fully saturated rings. The second-order valence-electron chi connectivity index (χ2n) is 4.17. The van der Waals surface area contributed by atoms with Crippen molar-refractivity contribution in [3.05, 3.63) is 35.9 Å². The minimum Gasteiger partial charge on any atom is -0.377 e. The summed E-state index contributed by atoms with van der Waals surface area (Å²) in [5.74, 6) is 0. The topological polar surface area (TPSA) is 24.5 Å². The largest absolute Gasteiger partial charge is 0.377 e. The summed E-state index contributed by atoms with van der Waals surface area (Å²) < 4.78 is 5.63. The first-order chi connectivity index (χ1) is 7.95. The van der Waals surface area contributed by atoms with E-state index in [4.69, 9.17) is 4.74 Å². The third-order valence-electron chi connectivity index (χ3n) is 2.81. The summed E-state index contributed by atoms with van der Waals surface area (Å²) in [6.45, 7) is 6.08. The van der Waals surface area contributed by atoms with Crippen LogP contribution >= 0.6 is 0 Å². The van der Waals surface area contributed by atoms with Crippen molar-refractivity contribution in [2.45, 2.75) is 13.0 Å². The van der Waals surface area contributed by atoms with Gasteiger partial charge in [0.2, 0.25) is 0 Å². The molecule has 2 rings (SSSR count). The van der Waals surface area contributed by atoms with Crippen LogP contribution in [-0.4, -0.2) is 37.8 Å². The quantitative estimate of drug-likeness (QED) is 0.735. The van der Waals surface area contributed by atoms with Gasteiger partial charge in [-0.05, 0) is 12.0 Å². The summed E-state index contributed by atoms with van der Waals surface area (Å²) in [5.41, 5.74) is 1.25. The lowest BCUT2D eigenvalue weighted by Gasteiger charge is -2.13. The molecule has 1 heterocycles. The van der Waals surface area contributed by atoms with Crippen LogP contribution in [0.4, 0.5) is 0 Å². The van der Waals surface area contributed by atoms with Crippen LogP contribution in [0.25, 0.3) is 0 Å². The van der Waals surface area contributed by atoms with Gasteiger partial charge in [0.1, 0.15) is 0 Å². The zero-order chi connectivity index (χ0) is 11.1. The Hall–Kier alpha value is -0.900. The van der Waals surface area contributed by atoms with Crippen LogP contribution in [0.5, 0.6) is 0 Å². The number of ether oxygens (including phenoxy) is 1. The summed E-state index contributed by atoms with van der Waals surface area (Å²) in [6, 6.07) is 10.3. The van der Waals surface area contributed by atoms with Crippen molar-refractivity contribution in [1.29, 1.82) is 0 Å². The minimum absolute atomic E-state index is 0.735. The molecule has 0 bridgehead atoms. The molecule has 3 nitrogen and oxygen atoms in total. The lowest BCUT2D eigenvalue weighted by atomic mass is 10.2. The van der Waals surface area contributed by atoms with Crippen molar-refractivity contribution in [2.24, 2.45) is 0 Å². The Morgan fingerprint density at radius 2 is 2.12 bits per heavy atom. The van der Waals surface area contributed by atoms with Gasteiger partial charge in [-0.3, -0.25) is 4.90 Å². The predicted molar refractivity (Wildman–Crippen MR) is 65.2 cm³/mol. The van der Waals surface area contributed by atoms with Crippen molar-refractivity contribution in [1.82, 2.24) is 10.2 Å².